The van der Waals surface area contributed by atoms with Gasteiger partial charge < -0.3 is 0 Å². The first-order valence-electron chi connectivity index (χ1n) is 15.2. The summed E-state index contributed by atoms with van der Waals surface area (Å²) in [6.07, 6.45) is 0. The molecule has 43 heavy (non-hydrogen) atoms. The summed E-state index contributed by atoms with van der Waals surface area (Å²) in [5.74, 6) is 0. The second-order valence-corrected chi connectivity index (χ2v) is 18.4. The first kappa shape index (κ1) is 27.3. The summed E-state index contributed by atoms with van der Waals surface area (Å²) >= 11 is 0. The average molecular weight is 572 g/mol. The molecule has 1 heterocycles. The van der Waals surface area contributed by atoms with Crippen LogP contribution in [0.15, 0.2) is 133 Å². The summed E-state index contributed by atoms with van der Waals surface area (Å²) < 4.78 is 0. The fourth-order valence-corrected chi connectivity index (χ4v) is 7.61. The van der Waals surface area contributed by atoms with E-state index < -0.39 is 8.07 Å². The SMILES string of the molecule is CC1(C)c2cc(-c3ccc(-c4cc(-c5ccccc5)cc(-c5ccccc5)n4)cc3)ccc2-c2ccc([Si](C)(C)C)cc21. The van der Waals surface area contributed by atoms with E-state index in [1.54, 1.807) is 0 Å². The summed E-state index contributed by atoms with van der Waals surface area (Å²) in [5, 5.41) is 1.53. The molecule has 0 spiro atoms. The Morgan fingerprint density at radius 3 is 1.51 bits per heavy atom. The Morgan fingerprint density at radius 1 is 0.442 bits per heavy atom. The fraction of sp³-hybridized carbons (Fsp3) is 0.146. The lowest BCUT2D eigenvalue weighted by Gasteiger charge is -2.24. The number of aromatic nitrogens is 1. The number of pyridine rings is 1. The Kier molecular flexibility index (Phi) is 6.56. The van der Waals surface area contributed by atoms with Crippen LogP contribution in [0.1, 0.15) is 25.0 Å². The number of fused-ring (bicyclic) bond motifs is 3. The highest BCUT2D eigenvalue weighted by Crippen LogP contribution is 2.49. The van der Waals surface area contributed by atoms with Gasteiger partial charge in [-0.3, -0.25) is 0 Å². The number of nitrogens with zero attached hydrogens (tertiary/aromatic N) is 1. The van der Waals surface area contributed by atoms with Gasteiger partial charge in [0, 0.05) is 16.5 Å². The zero-order chi connectivity index (χ0) is 29.8. The molecule has 0 saturated heterocycles. The quantitative estimate of drug-likeness (QED) is 0.188. The molecule has 0 radical (unpaired) electrons. The van der Waals surface area contributed by atoms with Crippen molar-refractivity contribution in [2.24, 2.45) is 0 Å². The second-order valence-electron chi connectivity index (χ2n) is 13.3. The standard InChI is InChI=1S/C41H37NSi/c1-41(2)37-24-32(20-22-35(37)36-23-21-34(27-38(36)41)43(3,4)5)29-16-18-31(19-17-29)40-26-33(28-12-8-6-9-13-28)25-39(42-40)30-14-10-7-11-15-30/h6-27H,1-5H3. The molecule has 0 aliphatic heterocycles. The van der Waals surface area contributed by atoms with Crippen LogP contribution in [-0.4, -0.2) is 13.1 Å². The van der Waals surface area contributed by atoms with Crippen molar-refractivity contribution >= 4 is 13.3 Å². The maximum Gasteiger partial charge on any atom is 0.0776 e. The third-order valence-electron chi connectivity index (χ3n) is 9.06. The summed E-state index contributed by atoms with van der Waals surface area (Å²) in [6, 6.07) is 48.6. The van der Waals surface area contributed by atoms with Crippen molar-refractivity contribution in [2.45, 2.75) is 38.9 Å². The van der Waals surface area contributed by atoms with Crippen LogP contribution < -0.4 is 5.19 Å². The Morgan fingerprint density at radius 2 is 0.907 bits per heavy atom. The number of rotatable bonds is 5. The number of benzene rings is 5. The highest BCUT2D eigenvalue weighted by Gasteiger charge is 2.36. The van der Waals surface area contributed by atoms with Crippen LogP contribution in [0.5, 0.6) is 0 Å². The van der Waals surface area contributed by atoms with E-state index in [1.807, 2.05) is 6.07 Å². The molecule has 0 unspecified atom stereocenters. The van der Waals surface area contributed by atoms with Crippen LogP contribution in [0.4, 0.5) is 0 Å². The van der Waals surface area contributed by atoms with Crippen LogP contribution >= 0.6 is 0 Å². The normalized spacial score (nSPS) is 13.4. The van der Waals surface area contributed by atoms with Gasteiger partial charge in [-0.25, -0.2) is 4.98 Å². The minimum absolute atomic E-state index is 0.0219. The molecular formula is C41H37NSi. The summed E-state index contributed by atoms with van der Waals surface area (Å²) in [7, 11) is -1.39. The molecule has 0 saturated carbocycles. The molecule has 2 heteroatoms. The molecule has 1 nitrogen and oxygen atoms in total. The summed E-state index contributed by atoms with van der Waals surface area (Å²) in [6.45, 7) is 12.1. The van der Waals surface area contributed by atoms with Crippen molar-refractivity contribution in [3.63, 3.8) is 0 Å². The number of hydrogen-bond acceptors (Lipinski definition) is 1. The molecule has 5 aromatic carbocycles. The Balaban J connectivity index is 1.25. The maximum absolute atomic E-state index is 5.12. The summed E-state index contributed by atoms with van der Waals surface area (Å²) in [4.78, 5) is 5.12. The molecule has 1 aliphatic carbocycles. The molecule has 0 fully saturated rings. The van der Waals surface area contributed by atoms with Crippen LogP contribution in [0.25, 0.3) is 55.9 Å². The van der Waals surface area contributed by atoms with Crippen molar-refractivity contribution in [1.82, 2.24) is 4.98 Å². The fourth-order valence-electron chi connectivity index (χ4n) is 6.45. The third kappa shape index (κ3) is 4.96. The highest BCUT2D eigenvalue weighted by atomic mass is 28.3. The van der Waals surface area contributed by atoms with E-state index in [4.69, 9.17) is 4.98 Å². The Hall–Kier alpha value is -4.53. The van der Waals surface area contributed by atoms with Gasteiger partial charge in [0.2, 0.25) is 0 Å². The molecule has 0 amide bonds. The van der Waals surface area contributed by atoms with Gasteiger partial charge in [0.1, 0.15) is 0 Å². The number of hydrogen-bond donors (Lipinski definition) is 0. The molecule has 1 aromatic heterocycles. The molecule has 0 N–H and O–H groups in total. The van der Waals surface area contributed by atoms with Gasteiger partial charge >= 0.3 is 0 Å². The predicted molar refractivity (Wildman–Crippen MR) is 187 cm³/mol. The van der Waals surface area contributed by atoms with Crippen LogP contribution in [0, 0.1) is 0 Å². The zero-order valence-corrected chi connectivity index (χ0v) is 26.6. The van der Waals surface area contributed by atoms with Crippen molar-refractivity contribution < 1.29 is 0 Å². The highest BCUT2D eigenvalue weighted by molar-refractivity contribution is 6.88. The van der Waals surface area contributed by atoms with E-state index >= 15 is 0 Å². The first-order valence-corrected chi connectivity index (χ1v) is 18.7. The van der Waals surface area contributed by atoms with Crippen molar-refractivity contribution in [3.8, 4) is 55.9 Å². The van der Waals surface area contributed by atoms with E-state index in [0.29, 0.717) is 0 Å². The van der Waals surface area contributed by atoms with E-state index in [-0.39, 0.29) is 5.41 Å². The van der Waals surface area contributed by atoms with Gasteiger partial charge in [-0.2, -0.15) is 0 Å². The maximum atomic E-state index is 5.12. The van der Waals surface area contributed by atoms with Gasteiger partial charge in [-0.1, -0.05) is 154 Å². The lowest BCUT2D eigenvalue weighted by atomic mass is 9.81. The van der Waals surface area contributed by atoms with Crippen molar-refractivity contribution in [3.05, 3.63) is 145 Å². The minimum Gasteiger partial charge on any atom is -0.248 e. The van der Waals surface area contributed by atoms with E-state index in [0.717, 1.165) is 22.5 Å². The van der Waals surface area contributed by atoms with Gasteiger partial charge in [-0.15, -0.1) is 0 Å². The monoisotopic (exact) mass is 571 g/mol. The molecule has 7 rings (SSSR count). The lowest BCUT2D eigenvalue weighted by molar-refractivity contribution is 0.661. The van der Waals surface area contributed by atoms with Gasteiger partial charge in [0.25, 0.3) is 0 Å². The largest absolute Gasteiger partial charge is 0.248 e. The minimum atomic E-state index is -1.39. The topological polar surface area (TPSA) is 12.9 Å². The van der Waals surface area contributed by atoms with Crippen LogP contribution in [0.3, 0.4) is 0 Å². The van der Waals surface area contributed by atoms with E-state index in [1.165, 1.54) is 49.7 Å². The van der Waals surface area contributed by atoms with Gasteiger partial charge in [0.05, 0.1) is 19.5 Å². The van der Waals surface area contributed by atoms with Gasteiger partial charge in [-0.05, 0) is 62.7 Å². The molecule has 1 aliphatic rings. The molecule has 0 bridgehead atoms. The lowest BCUT2D eigenvalue weighted by Crippen LogP contribution is -2.38. The Bertz CT molecular complexity index is 1890. The smallest absolute Gasteiger partial charge is 0.0776 e. The molecule has 210 valence electrons. The van der Waals surface area contributed by atoms with Crippen molar-refractivity contribution in [1.29, 1.82) is 0 Å². The van der Waals surface area contributed by atoms with Crippen LogP contribution in [-0.2, 0) is 5.41 Å². The van der Waals surface area contributed by atoms with Gasteiger partial charge in [0.15, 0.2) is 0 Å². The Labute approximate surface area is 257 Å². The van der Waals surface area contributed by atoms with Crippen LogP contribution in [0.2, 0.25) is 19.6 Å². The van der Waals surface area contributed by atoms with Crippen molar-refractivity contribution in [2.75, 3.05) is 0 Å². The van der Waals surface area contributed by atoms with E-state index in [2.05, 4.69) is 161 Å². The zero-order valence-electron chi connectivity index (χ0n) is 25.6. The average Bonchev–Trinajstić information content (AvgIpc) is 3.26. The molecular weight excluding hydrogens is 535 g/mol. The first-order chi connectivity index (χ1) is 20.7. The summed E-state index contributed by atoms with van der Waals surface area (Å²) in [5.41, 5.74) is 14.7. The predicted octanol–water partition coefficient (Wildman–Crippen LogP) is 10.6. The van der Waals surface area contributed by atoms with E-state index in [9.17, 15) is 0 Å². The second kappa shape index (κ2) is 10.3. The molecule has 6 aromatic rings. The molecule has 0 atom stereocenters. The third-order valence-corrected chi connectivity index (χ3v) is 11.1.